The van der Waals surface area contributed by atoms with Gasteiger partial charge in [0.05, 0.1) is 39.4 Å². The number of aromatic nitrogens is 3. The summed E-state index contributed by atoms with van der Waals surface area (Å²) in [5, 5.41) is 6.36. The first-order valence-electron chi connectivity index (χ1n) is 13.4. The van der Waals surface area contributed by atoms with E-state index in [2.05, 4.69) is 20.6 Å². The molecule has 2 aliphatic heterocycles. The highest BCUT2D eigenvalue weighted by Gasteiger charge is 2.55. The maximum absolute atomic E-state index is 13.0. The minimum Gasteiger partial charge on any atom is -0.364 e. The number of benzene rings is 1. The number of ether oxygens (including phenoxy) is 2. The molecule has 1 aliphatic carbocycles. The quantitative estimate of drug-likeness (QED) is 0.401. The summed E-state index contributed by atoms with van der Waals surface area (Å²) in [6, 6.07) is 7.29. The Morgan fingerprint density at radius 2 is 1.90 bits per heavy atom. The molecule has 4 atom stereocenters. The first-order valence-corrected chi connectivity index (χ1v) is 15.9. The summed E-state index contributed by atoms with van der Waals surface area (Å²) in [6.07, 6.45) is -4.13. The number of halogens is 3. The van der Waals surface area contributed by atoms with Crippen LogP contribution in [0, 0.1) is 12.8 Å². The van der Waals surface area contributed by atoms with E-state index in [0.29, 0.717) is 48.0 Å². The van der Waals surface area contributed by atoms with Crippen LogP contribution in [-0.4, -0.2) is 83.3 Å². The third-order valence-corrected chi connectivity index (χ3v) is 10.6. The van der Waals surface area contributed by atoms with Crippen LogP contribution in [0.4, 0.5) is 24.9 Å². The van der Waals surface area contributed by atoms with Crippen LogP contribution in [0.5, 0.6) is 0 Å². The van der Waals surface area contributed by atoms with E-state index in [4.69, 9.17) is 14.5 Å². The molecule has 2 N–H and O–H groups in total. The molecule has 3 aliphatic rings. The average molecular weight is 613 g/mol. The molecule has 3 aromatic rings. The second-order valence-electron chi connectivity index (χ2n) is 11.2. The summed E-state index contributed by atoms with van der Waals surface area (Å²) < 4.78 is 79.1. The standard InChI is InChI=1S/C26H31F3N6O4S2/c1-14-19(23-33-16-7-4-5-8-18(16)40-23)22(34-24(31-14)30-13-26(27,28)29)32-17-11-15(12-35-9-6-10-41(35,36)37)20-21(17)39-25(2,3)38-20/h4-5,7-8,15,17,20-21H,6,9-13H2,1-3H3,(H2,30,31,32,34). The van der Waals surface area contributed by atoms with Crippen molar-refractivity contribution in [1.82, 2.24) is 19.3 Å². The lowest BCUT2D eigenvalue weighted by Gasteiger charge is -2.26. The molecule has 3 fully saturated rings. The molecule has 15 heteroatoms. The molecule has 0 amide bonds. The second kappa shape index (κ2) is 10.3. The van der Waals surface area contributed by atoms with Gasteiger partial charge in [0, 0.05) is 19.0 Å². The van der Waals surface area contributed by atoms with Gasteiger partial charge in [0.25, 0.3) is 0 Å². The predicted molar refractivity (Wildman–Crippen MR) is 149 cm³/mol. The highest BCUT2D eigenvalue weighted by atomic mass is 32.2. The van der Waals surface area contributed by atoms with Crippen LogP contribution in [0.2, 0.25) is 0 Å². The summed E-state index contributed by atoms with van der Waals surface area (Å²) in [4.78, 5) is 13.6. The molecule has 6 rings (SSSR count). The molecule has 0 spiro atoms. The van der Waals surface area contributed by atoms with Crippen molar-refractivity contribution in [3.8, 4) is 10.6 Å². The van der Waals surface area contributed by atoms with Crippen LogP contribution in [-0.2, 0) is 19.5 Å². The van der Waals surface area contributed by atoms with E-state index in [1.807, 2.05) is 38.1 Å². The summed E-state index contributed by atoms with van der Waals surface area (Å²) in [5.74, 6) is -0.728. The smallest absolute Gasteiger partial charge is 0.364 e. The number of nitrogens with zero attached hydrogens (tertiary/aromatic N) is 4. The first-order chi connectivity index (χ1) is 19.3. The molecule has 0 radical (unpaired) electrons. The van der Waals surface area contributed by atoms with Gasteiger partial charge in [-0.05, 0) is 45.7 Å². The average Bonchev–Trinajstić information content (AvgIpc) is 3.60. The van der Waals surface area contributed by atoms with Crippen LogP contribution in [0.1, 0.15) is 32.4 Å². The number of hydrogen-bond donors (Lipinski definition) is 2. The minimum atomic E-state index is -4.45. The Morgan fingerprint density at radius 1 is 1.15 bits per heavy atom. The van der Waals surface area contributed by atoms with Gasteiger partial charge in [-0.15, -0.1) is 11.3 Å². The Kier molecular flexibility index (Phi) is 7.16. The highest BCUT2D eigenvalue weighted by Crippen LogP contribution is 2.45. The zero-order valence-corrected chi connectivity index (χ0v) is 24.4. The van der Waals surface area contributed by atoms with Crippen LogP contribution in [0.3, 0.4) is 0 Å². The maximum Gasteiger partial charge on any atom is 0.405 e. The van der Waals surface area contributed by atoms with Gasteiger partial charge in [0.1, 0.15) is 23.5 Å². The molecule has 2 aromatic heterocycles. The Labute approximate surface area is 239 Å². The SMILES string of the molecule is Cc1nc(NCC(F)(F)F)nc(NC2CC(CN3CCCS3(=O)=O)C3OC(C)(C)OC23)c1-c1nc2ccccc2s1. The molecule has 4 heterocycles. The topological polar surface area (TPSA) is 119 Å². The van der Waals surface area contributed by atoms with Gasteiger partial charge in [-0.2, -0.15) is 18.2 Å². The maximum atomic E-state index is 13.0. The number of alkyl halides is 3. The molecule has 10 nitrogen and oxygen atoms in total. The van der Waals surface area contributed by atoms with Gasteiger partial charge < -0.3 is 20.1 Å². The molecule has 4 unspecified atom stereocenters. The van der Waals surface area contributed by atoms with Crippen molar-refractivity contribution in [3.63, 3.8) is 0 Å². The van der Waals surface area contributed by atoms with E-state index in [0.717, 1.165) is 10.2 Å². The van der Waals surface area contributed by atoms with E-state index < -0.39 is 34.6 Å². The van der Waals surface area contributed by atoms with E-state index in [-0.39, 0.29) is 29.8 Å². The number of nitrogens with one attached hydrogen (secondary N) is 2. The fourth-order valence-corrected chi connectivity index (χ4v) is 8.55. The largest absolute Gasteiger partial charge is 0.405 e. The predicted octanol–water partition coefficient (Wildman–Crippen LogP) is 4.39. The van der Waals surface area contributed by atoms with E-state index in [9.17, 15) is 21.6 Å². The van der Waals surface area contributed by atoms with Crippen molar-refractivity contribution in [3.05, 3.63) is 30.0 Å². The third-order valence-electron chi connectivity index (χ3n) is 7.59. The zero-order valence-electron chi connectivity index (χ0n) is 22.7. The molecule has 2 saturated heterocycles. The van der Waals surface area contributed by atoms with Gasteiger partial charge in [-0.25, -0.2) is 22.7 Å². The number of anilines is 2. The number of fused-ring (bicyclic) bond motifs is 2. The van der Waals surface area contributed by atoms with E-state index in [1.54, 1.807) is 6.92 Å². The van der Waals surface area contributed by atoms with Crippen molar-refractivity contribution >= 4 is 43.3 Å². The zero-order chi connectivity index (χ0) is 29.2. The molecule has 222 valence electrons. The lowest BCUT2D eigenvalue weighted by atomic mass is 10.1. The summed E-state index contributed by atoms with van der Waals surface area (Å²) >= 11 is 1.44. The summed E-state index contributed by atoms with van der Waals surface area (Å²) in [7, 11) is -3.30. The fraction of sp³-hybridized carbons (Fsp3) is 0.577. The summed E-state index contributed by atoms with van der Waals surface area (Å²) in [5.41, 5.74) is 1.84. The monoisotopic (exact) mass is 612 g/mol. The lowest BCUT2D eigenvalue weighted by molar-refractivity contribution is -0.157. The molecule has 1 aromatic carbocycles. The highest BCUT2D eigenvalue weighted by molar-refractivity contribution is 7.89. The molecule has 1 saturated carbocycles. The second-order valence-corrected chi connectivity index (χ2v) is 14.3. The normalized spacial score (nSPS) is 27.4. The third kappa shape index (κ3) is 5.87. The number of para-hydroxylation sites is 1. The van der Waals surface area contributed by atoms with E-state index in [1.165, 1.54) is 15.6 Å². The van der Waals surface area contributed by atoms with Crippen molar-refractivity contribution in [2.45, 2.75) is 63.8 Å². The fourth-order valence-electron chi connectivity index (χ4n) is 5.91. The van der Waals surface area contributed by atoms with Gasteiger partial charge in [-0.1, -0.05) is 12.1 Å². The number of sulfonamides is 1. The molecular formula is C26H31F3N6O4S2. The molecule has 0 bridgehead atoms. The van der Waals surface area contributed by atoms with Gasteiger partial charge in [0.15, 0.2) is 5.79 Å². The van der Waals surface area contributed by atoms with Gasteiger partial charge in [0.2, 0.25) is 16.0 Å². The van der Waals surface area contributed by atoms with Crippen LogP contribution in [0.25, 0.3) is 20.8 Å². The van der Waals surface area contributed by atoms with Crippen molar-refractivity contribution in [2.75, 3.05) is 36.0 Å². The molecular weight excluding hydrogens is 581 g/mol. The van der Waals surface area contributed by atoms with E-state index >= 15 is 0 Å². The Morgan fingerprint density at radius 3 is 2.61 bits per heavy atom. The number of thiazole rings is 1. The lowest BCUT2D eigenvalue weighted by Crippen LogP contribution is -2.36. The summed E-state index contributed by atoms with van der Waals surface area (Å²) in [6.45, 7) is 4.84. The molecule has 41 heavy (non-hydrogen) atoms. The van der Waals surface area contributed by atoms with Crippen molar-refractivity contribution in [2.24, 2.45) is 5.92 Å². The Hall–Kier alpha value is -2.59. The van der Waals surface area contributed by atoms with Crippen LogP contribution >= 0.6 is 11.3 Å². The van der Waals surface area contributed by atoms with Gasteiger partial charge in [-0.3, -0.25) is 0 Å². The number of rotatable bonds is 7. The first kappa shape index (κ1) is 28.5. The van der Waals surface area contributed by atoms with Gasteiger partial charge >= 0.3 is 6.18 Å². The van der Waals surface area contributed by atoms with Crippen molar-refractivity contribution in [1.29, 1.82) is 0 Å². The Balaban J connectivity index is 1.35. The van der Waals surface area contributed by atoms with Crippen molar-refractivity contribution < 1.29 is 31.1 Å². The Bertz CT molecular complexity index is 1530. The number of aryl methyl sites for hydroxylation is 1. The minimum absolute atomic E-state index is 0.137. The van der Waals surface area contributed by atoms with Crippen LogP contribution in [0.15, 0.2) is 24.3 Å². The van der Waals surface area contributed by atoms with Crippen LogP contribution < -0.4 is 10.6 Å². The number of hydrogen-bond acceptors (Lipinski definition) is 10.